The predicted octanol–water partition coefficient (Wildman–Crippen LogP) is 5.20. The molecule has 1 aromatic heterocycles. The molecule has 0 fully saturated rings. The second-order valence-electron chi connectivity index (χ2n) is 5.74. The molecule has 4 rings (SSSR count). The van der Waals surface area contributed by atoms with Crippen LogP contribution in [0.3, 0.4) is 0 Å². The fourth-order valence-corrected chi connectivity index (χ4v) is 4.85. The highest BCUT2D eigenvalue weighted by Gasteiger charge is 2.29. The van der Waals surface area contributed by atoms with Crippen LogP contribution in [0.25, 0.3) is 21.6 Å². The third kappa shape index (κ3) is 2.73. The zero-order valence-electron chi connectivity index (χ0n) is 13.4. The molecule has 3 aromatic rings. The van der Waals surface area contributed by atoms with Gasteiger partial charge in [-0.3, -0.25) is 0 Å². The fraction of sp³-hybridized carbons (Fsp3) is 0.200. The van der Waals surface area contributed by atoms with Crippen LogP contribution in [0.5, 0.6) is 11.5 Å². The SMILES string of the molecule is NCCCOC[s+]1ccc2c1-c1ccccc1Oc1ccccc1-2. The Kier molecular flexibility index (Phi) is 4.34. The van der Waals surface area contributed by atoms with E-state index in [4.69, 9.17) is 15.2 Å². The first-order chi connectivity index (χ1) is 11.9. The zero-order chi connectivity index (χ0) is 16.4. The lowest BCUT2D eigenvalue weighted by Crippen LogP contribution is -2.03. The Hall–Kier alpha value is -2.14. The Morgan fingerprint density at radius 2 is 1.58 bits per heavy atom. The third-order valence-corrected chi connectivity index (χ3v) is 5.99. The van der Waals surface area contributed by atoms with Crippen molar-refractivity contribution in [1.82, 2.24) is 0 Å². The van der Waals surface area contributed by atoms with E-state index in [1.165, 1.54) is 16.0 Å². The molecular formula is C20H20NO2S+. The smallest absolute Gasteiger partial charge is 0.229 e. The van der Waals surface area contributed by atoms with Crippen LogP contribution in [0.4, 0.5) is 0 Å². The Balaban J connectivity index is 1.81. The topological polar surface area (TPSA) is 44.5 Å². The molecule has 0 bridgehead atoms. The van der Waals surface area contributed by atoms with Crippen molar-refractivity contribution < 1.29 is 9.47 Å². The summed E-state index contributed by atoms with van der Waals surface area (Å²) in [6.45, 7) is 1.38. The summed E-state index contributed by atoms with van der Waals surface area (Å²) in [5.41, 5.74) is 9.12. The molecule has 0 saturated carbocycles. The number of rotatable bonds is 5. The number of thiophene rings is 1. The van der Waals surface area contributed by atoms with E-state index < -0.39 is 0 Å². The summed E-state index contributed by atoms with van der Waals surface area (Å²) in [6.07, 6.45) is 0.898. The van der Waals surface area contributed by atoms with Crippen LogP contribution >= 0.6 is 10.5 Å². The van der Waals surface area contributed by atoms with Gasteiger partial charge >= 0.3 is 0 Å². The molecular weight excluding hydrogens is 318 g/mol. The monoisotopic (exact) mass is 338 g/mol. The lowest BCUT2D eigenvalue weighted by Gasteiger charge is -2.07. The van der Waals surface area contributed by atoms with Gasteiger partial charge in [0.1, 0.15) is 16.9 Å². The van der Waals surface area contributed by atoms with Gasteiger partial charge in [0.15, 0.2) is 4.88 Å². The number of benzene rings is 2. The Morgan fingerprint density at radius 1 is 0.875 bits per heavy atom. The van der Waals surface area contributed by atoms with Crippen LogP contribution in [0.1, 0.15) is 6.42 Å². The fourth-order valence-electron chi connectivity index (χ4n) is 3.01. The van der Waals surface area contributed by atoms with Gasteiger partial charge in [-0.25, -0.2) is 0 Å². The van der Waals surface area contributed by atoms with E-state index in [0.29, 0.717) is 19.1 Å². The molecule has 4 heteroatoms. The van der Waals surface area contributed by atoms with Crippen molar-refractivity contribution >= 4 is 10.5 Å². The second-order valence-corrected chi connectivity index (χ2v) is 7.51. The molecule has 0 saturated heterocycles. The van der Waals surface area contributed by atoms with Crippen molar-refractivity contribution in [2.24, 2.45) is 5.73 Å². The summed E-state index contributed by atoms with van der Waals surface area (Å²) in [4.78, 5) is 1.32. The van der Waals surface area contributed by atoms with Gasteiger partial charge in [0.25, 0.3) is 0 Å². The normalized spacial score (nSPS) is 12.6. The van der Waals surface area contributed by atoms with Crippen molar-refractivity contribution in [3.63, 3.8) is 0 Å². The molecule has 0 amide bonds. The van der Waals surface area contributed by atoms with E-state index in [9.17, 15) is 0 Å². The first kappa shape index (κ1) is 15.4. The Labute approximate surface area is 144 Å². The molecule has 1 aliphatic rings. The molecule has 2 aromatic carbocycles. The average Bonchev–Trinajstić information content (AvgIpc) is 2.97. The highest BCUT2D eigenvalue weighted by molar-refractivity contribution is 7.32. The minimum atomic E-state index is -0.0710. The second kappa shape index (κ2) is 6.77. The minimum absolute atomic E-state index is 0.0710. The van der Waals surface area contributed by atoms with Crippen LogP contribution in [-0.4, -0.2) is 13.2 Å². The Morgan fingerprint density at radius 3 is 2.38 bits per heavy atom. The van der Waals surface area contributed by atoms with E-state index in [1.807, 2.05) is 24.3 Å². The largest absolute Gasteiger partial charge is 0.456 e. The van der Waals surface area contributed by atoms with E-state index in [0.717, 1.165) is 23.5 Å². The summed E-state index contributed by atoms with van der Waals surface area (Å²) in [6, 6.07) is 18.7. The number of fused-ring (bicyclic) bond motifs is 5. The zero-order valence-corrected chi connectivity index (χ0v) is 14.2. The first-order valence-corrected chi connectivity index (χ1v) is 9.61. The molecule has 1 atom stereocenters. The van der Waals surface area contributed by atoms with Crippen molar-refractivity contribution in [2.75, 3.05) is 13.2 Å². The molecule has 0 aliphatic carbocycles. The molecule has 0 radical (unpaired) electrons. The van der Waals surface area contributed by atoms with Gasteiger partial charge < -0.3 is 15.2 Å². The lowest BCUT2D eigenvalue weighted by molar-refractivity contribution is 0.146. The molecule has 1 unspecified atom stereocenters. The predicted molar refractivity (Wildman–Crippen MR) is 99.5 cm³/mol. The molecule has 2 heterocycles. The van der Waals surface area contributed by atoms with Crippen molar-refractivity contribution in [3.05, 3.63) is 60.0 Å². The summed E-state index contributed by atoms with van der Waals surface area (Å²) in [5.74, 6) is 2.53. The number of ether oxygens (including phenoxy) is 2. The van der Waals surface area contributed by atoms with Gasteiger partial charge in [-0.05, 0) is 31.2 Å². The first-order valence-electron chi connectivity index (χ1n) is 8.15. The standard InChI is InChI=1S/C20H20NO2S/c21-11-5-12-22-14-24-13-10-16-15-6-1-3-8-18(15)23-19-9-4-2-7-17(19)20(16)24/h1-4,6-10,13H,5,11-12,14,21H2/q+1. The van der Waals surface area contributed by atoms with Crippen LogP contribution in [0.2, 0.25) is 0 Å². The van der Waals surface area contributed by atoms with Crippen LogP contribution in [0.15, 0.2) is 60.0 Å². The van der Waals surface area contributed by atoms with E-state index in [-0.39, 0.29) is 10.5 Å². The van der Waals surface area contributed by atoms with E-state index >= 15 is 0 Å². The van der Waals surface area contributed by atoms with E-state index in [2.05, 4.69) is 35.7 Å². The third-order valence-electron chi connectivity index (χ3n) is 4.14. The maximum absolute atomic E-state index is 6.20. The summed E-state index contributed by atoms with van der Waals surface area (Å²) < 4.78 is 12.1. The van der Waals surface area contributed by atoms with Crippen molar-refractivity contribution in [1.29, 1.82) is 0 Å². The molecule has 1 aliphatic heterocycles. The number of nitrogens with two attached hydrogens (primary N) is 1. The van der Waals surface area contributed by atoms with E-state index in [1.54, 1.807) is 0 Å². The summed E-state index contributed by atoms with van der Waals surface area (Å²) >= 11 is 0. The Bertz CT molecular complexity index is 856. The summed E-state index contributed by atoms with van der Waals surface area (Å²) in [7, 11) is -0.0710. The molecule has 24 heavy (non-hydrogen) atoms. The molecule has 122 valence electrons. The average molecular weight is 338 g/mol. The molecule has 3 nitrogen and oxygen atoms in total. The highest BCUT2D eigenvalue weighted by Crippen LogP contribution is 2.52. The number of para-hydroxylation sites is 2. The van der Waals surface area contributed by atoms with Gasteiger partial charge in [-0.2, -0.15) is 0 Å². The van der Waals surface area contributed by atoms with Crippen LogP contribution in [-0.2, 0) is 10.7 Å². The number of hydrogen-bond donors (Lipinski definition) is 1. The molecule has 0 spiro atoms. The maximum atomic E-state index is 6.20. The lowest BCUT2D eigenvalue weighted by atomic mass is 10.0. The molecule has 2 N–H and O–H groups in total. The highest BCUT2D eigenvalue weighted by atomic mass is 32.2. The minimum Gasteiger partial charge on any atom is -0.456 e. The van der Waals surface area contributed by atoms with Crippen LogP contribution in [0, 0.1) is 0 Å². The van der Waals surface area contributed by atoms with Gasteiger partial charge in [0.2, 0.25) is 5.94 Å². The maximum Gasteiger partial charge on any atom is 0.229 e. The van der Waals surface area contributed by atoms with Gasteiger partial charge in [-0.1, -0.05) is 30.3 Å². The van der Waals surface area contributed by atoms with Crippen molar-refractivity contribution in [3.8, 4) is 33.1 Å². The quantitative estimate of drug-likeness (QED) is 0.402. The van der Waals surface area contributed by atoms with Gasteiger partial charge in [-0.15, -0.1) is 0 Å². The summed E-state index contributed by atoms with van der Waals surface area (Å²) in [5, 5.41) is 2.27. The number of hydrogen-bond acceptors (Lipinski definition) is 3. The van der Waals surface area contributed by atoms with Crippen LogP contribution < -0.4 is 10.5 Å². The van der Waals surface area contributed by atoms with Gasteiger partial charge in [0.05, 0.1) is 17.7 Å². The van der Waals surface area contributed by atoms with Gasteiger partial charge in [0, 0.05) is 22.1 Å². The van der Waals surface area contributed by atoms with Crippen molar-refractivity contribution in [2.45, 2.75) is 12.4 Å².